The van der Waals surface area contributed by atoms with Crippen LogP contribution in [-0.2, 0) is 4.79 Å². The summed E-state index contributed by atoms with van der Waals surface area (Å²) in [5, 5.41) is 79.4. The third-order valence-corrected chi connectivity index (χ3v) is 6.21. The van der Waals surface area contributed by atoms with Gasteiger partial charge in [-0.1, -0.05) is 84.0 Å². The minimum absolute atomic E-state index is 0.275. The molecule has 0 fully saturated rings. The standard InChI is InChI=1S/C24H49NO9/c1-2-3-4-5-6-7-8-9-10-11-12-13-14-18(28)20(30)17(15-26)25-24(34)23(33)22(32)21(31)19(29)16-27/h17-23,26-33H,2-16H2,1H3,(H,25,34). The molecule has 7 unspecified atom stereocenters. The second-order valence-corrected chi connectivity index (χ2v) is 9.21. The quantitative estimate of drug-likeness (QED) is 0.0908. The number of nitrogens with one attached hydrogen (secondary N) is 1. The molecule has 0 aliphatic rings. The van der Waals surface area contributed by atoms with Crippen molar-refractivity contribution < 1.29 is 45.6 Å². The highest BCUT2D eigenvalue weighted by Gasteiger charge is 2.36. The van der Waals surface area contributed by atoms with Crippen molar-refractivity contribution in [2.24, 2.45) is 0 Å². The van der Waals surface area contributed by atoms with E-state index in [0.29, 0.717) is 6.42 Å². The van der Waals surface area contributed by atoms with E-state index in [0.717, 1.165) is 19.3 Å². The molecule has 0 aliphatic carbocycles. The Morgan fingerprint density at radius 3 is 1.53 bits per heavy atom. The van der Waals surface area contributed by atoms with Crippen LogP contribution in [0.5, 0.6) is 0 Å². The zero-order valence-electron chi connectivity index (χ0n) is 20.6. The molecule has 0 saturated carbocycles. The highest BCUT2D eigenvalue weighted by molar-refractivity contribution is 5.81. The van der Waals surface area contributed by atoms with Crippen LogP contribution in [0, 0.1) is 0 Å². The molecule has 1 amide bonds. The van der Waals surface area contributed by atoms with E-state index in [1.165, 1.54) is 51.4 Å². The zero-order valence-corrected chi connectivity index (χ0v) is 20.6. The SMILES string of the molecule is CCCCCCCCCCCCCCC(O)C(O)C(CO)NC(=O)C(O)C(O)C(O)C(O)CO. The molecule has 0 aromatic rings. The molecular weight excluding hydrogens is 446 g/mol. The van der Waals surface area contributed by atoms with Crippen LogP contribution >= 0.6 is 0 Å². The fourth-order valence-electron chi connectivity index (χ4n) is 3.82. The van der Waals surface area contributed by atoms with Crippen molar-refractivity contribution in [3.63, 3.8) is 0 Å². The van der Waals surface area contributed by atoms with Gasteiger partial charge < -0.3 is 46.2 Å². The molecule has 0 bridgehead atoms. The Kier molecular flexibility index (Phi) is 19.8. The molecule has 7 atom stereocenters. The van der Waals surface area contributed by atoms with Gasteiger partial charge in [-0.25, -0.2) is 0 Å². The number of carbonyl (C=O) groups is 1. The second kappa shape index (κ2) is 20.4. The Labute approximate surface area is 203 Å². The molecular formula is C24H49NO9. The third kappa shape index (κ3) is 13.9. The van der Waals surface area contributed by atoms with Crippen molar-refractivity contribution in [2.45, 2.75) is 133 Å². The van der Waals surface area contributed by atoms with Gasteiger partial charge in [0.15, 0.2) is 6.10 Å². The largest absolute Gasteiger partial charge is 0.394 e. The number of unbranched alkanes of at least 4 members (excludes halogenated alkanes) is 11. The normalized spacial score (nSPS) is 18.0. The van der Waals surface area contributed by atoms with Crippen LogP contribution in [0.4, 0.5) is 0 Å². The van der Waals surface area contributed by atoms with E-state index in [2.05, 4.69) is 12.2 Å². The fourth-order valence-corrected chi connectivity index (χ4v) is 3.82. The molecule has 0 aromatic carbocycles. The van der Waals surface area contributed by atoms with Crippen LogP contribution in [-0.4, -0.2) is 103 Å². The molecule has 0 radical (unpaired) electrons. The number of hydrogen-bond acceptors (Lipinski definition) is 9. The van der Waals surface area contributed by atoms with Crippen LogP contribution in [0.2, 0.25) is 0 Å². The number of aliphatic hydroxyl groups is 8. The summed E-state index contributed by atoms with van der Waals surface area (Å²) in [6, 6.07) is -1.30. The highest BCUT2D eigenvalue weighted by atomic mass is 16.4. The van der Waals surface area contributed by atoms with Crippen LogP contribution in [0.1, 0.15) is 90.4 Å². The lowest BCUT2D eigenvalue weighted by molar-refractivity contribution is -0.151. The maximum Gasteiger partial charge on any atom is 0.252 e. The number of rotatable bonds is 22. The van der Waals surface area contributed by atoms with E-state index < -0.39 is 61.8 Å². The van der Waals surface area contributed by atoms with Crippen LogP contribution < -0.4 is 5.32 Å². The molecule has 0 spiro atoms. The average Bonchev–Trinajstić information content (AvgIpc) is 2.85. The minimum atomic E-state index is -2.19. The minimum Gasteiger partial charge on any atom is -0.394 e. The van der Waals surface area contributed by atoms with Crippen LogP contribution in [0.3, 0.4) is 0 Å². The Morgan fingerprint density at radius 1 is 0.618 bits per heavy atom. The summed E-state index contributed by atoms with van der Waals surface area (Å²) in [6.45, 7) is 0.590. The predicted molar refractivity (Wildman–Crippen MR) is 128 cm³/mol. The second-order valence-electron chi connectivity index (χ2n) is 9.21. The molecule has 9 N–H and O–H groups in total. The van der Waals surface area contributed by atoms with E-state index in [-0.39, 0.29) is 6.42 Å². The summed E-state index contributed by atoms with van der Waals surface area (Å²) in [5.41, 5.74) is 0. The van der Waals surface area contributed by atoms with Crippen molar-refractivity contribution in [3.8, 4) is 0 Å². The molecule has 0 saturated heterocycles. The van der Waals surface area contributed by atoms with Crippen LogP contribution in [0.25, 0.3) is 0 Å². The first-order chi connectivity index (χ1) is 16.2. The monoisotopic (exact) mass is 495 g/mol. The van der Waals surface area contributed by atoms with E-state index >= 15 is 0 Å². The smallest absolute Gasteiger partial charge is 0.252 e. The van der Waals surface area contributed by atoms with E-state index in [1.54, 1.807) is 0 Å². The average molecular weight is 496 g/mol. The lowest BCUT2D eigenvalue weighted by atomic mass is 9.98. The Balaban J connectivity index is 4.16. The lowest BCUT2D eigenvalue weighted by Gasteiger charge is -2.29. The maximum absolute atomic E-state index is 12.1. The molecule has 204 valence electrons. The highest BCUT2D eigenvalue weighted by Crippen LogP contribution is 2.15. The number of carbonyl (C=O) groups excluding carboxylic acids is 1. The van der Waals surface area contributed by atoms with Gasteiger partial charge in [0.25, 0.3) is 5.91 Å². The van der Waals surface area contributed by atoms with Gasteiger partial charge in [-0.15, -0.1) is 0 Å². The summed E-state index contributed by atoms with van der Waals surface area (Å²) in [7, 11) is 0. The van der Waals surface area contributed by atoms with Crippen molar-refractivity contribution in [1.29, 1.82) is 0 Å². The molecule has 0 heterocycles. The zero-order chi connectivity index (χ0) is 25.9. The van der Waals surface area contributed by atoms with Crippen LogP contribution in [0.15, 0.2) is 0 Å². The van der Waals surface area contributed by atoms with Gasteiger partial charge in [0.05, 0.1) is 25.4 Å². The van der Waals surface area contributed by atoms with Gasteiger partial charge in [-0.3, -0.25) is 4.79 Å². The summed E-state index contributed by atoms with van der Waals surface area (Å²) >= 11 is 0. The van der Waals surface area contributed by atoms with Gasteiger partial charge in [0.1, 0.15) is 24.4 Å². The summed E-state index contributed by atoms with van der Waals surface area (Å²) < 4.78 is 0. The van der Waals surface area contributed by atoms with Crippen molar-refractivity contribution in [2.75, 3.05) is 13.2 Å². The van der Waals surface area contributed by atoms with Crippen molar-refractivity contribution >= 4 is 5.91 Å². The first-order valence-corrected chi connectivity index (χ1v) is 12.8. The maximum atomic E-state index is 12.1. The van der Waals surface area contributed by atoms with Crippen molar-refractivity contribution in [1.82, 2.24) is 5.32 Å². The third-order valence-electron chi connectivity index (χ3n) is 6.21. The van der Waals surface area contributed by atoms with Crippen molar-refractivity contribution in [3.05, 3.63) is 0 Å². The van der Waals surface area contributed by atoms with Gasteiger partial charge in [0.2, 0.25) is 0 Å². The number of aliphatic hydroxyl groups excluding tert-OH is 8. The summed E-state index contributed by atoms with van der Waals surface area (Å²) in [4.78, 5) is 12.1. The van der Waals surface area contributed by atoms with Gasteiger partial charge >= 0.3 is 0 Å². The van der Waals surface area contributed by atoms with Gasteiger partial charge in [0, 0.05) is 0 Å². The number of amides is 1. The van der Waals surface area contributed by atoms with E-state index in [9.17, 15) is 40.5 Å². The van der Waals surface area contributed by atoms with Gasteiger partial charge in [-0.2, -0.15) is 0 Å². The molecule has 0 rings (SSSR count). The molecule has 34 heavy (non-hydrogen) atoms. The first-order valence-electron chi connectivity index (χ1n) is 12.8. The molecule has 0 aromatic heterocycles. The predicted octanol–water partition coefficient (Wildman–Crippen LogP) is -0.288. The molecule has 10 nitrogen and oxygen atoms in total. The Hall–Kier alpha value is -0.850. The Morgan fingerprint density at radius 2 is 1.09 bits per heavy atom. The van der Waals surface area contributed by atoms with Gasteiger partial charge in [-0.05, 0) is 6.42 Å². The molecule has 0 aliphatic heterocycles. The topological polar surface area (TPSA) is 191 Å². The fraction of sp³-hybridized carbons (Fsp3) is 0.958. The lowest BCUT2D eigenvalue weighted by Crippen LogP contribution is -2.57. The van der Waals surface area contributed by atoms with E-state index in [4.69, 9.17) is 5.11 Å². The molecule has 10 heteroatoms. The summed E-state index contributed by atoms with van der Waals surface area (Å²) in [6.07, 6.45) is 3.47. The summed E-state index contributed by atoms with van der Waals surface area (Å²) in [5.74, 6) is -1.22. The first kappa shape index (κ1) is 33.1. The van der Waals surface area contributed by atoms with E-state index in [1.807, 2.05) is 0 Å². The Bertz CT molecular complexity index is 497. The number of hydrogen-bond donors (Lipinski definition) is 9.